The minimum Gasteiger partial charge on any atom is -0.399 e. The van der Waals surface area contributed by atoms with Gasteiger partial charge in [-0.1, -0.05) is 12.1 Å². The van der Waals surface area contributed by atoms with E-state index >= 15 is 0 Å². The lowest BCUT2D eigenvalue weighted by Gasteiger charge is -2.33. The van der Waals surface area contributed by atoms with Crippen LogP contribution in [0.5, 0.6) is 0 Å². The molecule has 0 atom stereocenters. The van der Waals surface area contributed by atoms with Crippen LogP contribution in [0.2, 0.25) is 0 Å². The Kier molecular flexibility index (Phi) is 4.74. The predicted octanol–water partition coefficient (Wildman–Crippen LogP) is 4.93. The Morgan fingerprint density at radius 2 is 1.22 bits per heavy atom. The van der Waals surface area contributed by atoms with Gasteiger partial charge in [-0.05, 0) is 12.1 Å². The summed E-state index contributed by atoms with van der Waals surface area (Å²) in [5.41, 5.74) is 2.31. The molecule has 148 valence electrons. The third-order valence-corrected chi connectivity index (χ3v) is 3.65. The molecule has 2 rings (SSSR count). The molecule has 0 aliphatic rings. The van der Waals surface area contributed by atoms with Crippen LogP contribution in [0, 0.1) is 23.3 Å². The fourth-order valence-electron chi connectivity index (χ4n) is 2.20. The Morgan fingerprint density at radius 3 is 1.74 bits per heavy atom. The highest BCUT2D eigenvalue weighted by atomic mass is 19.3. The Labute approximate surface area is 144 Å². The Morgan fingerprint density at radius 1 is 0.667 bits per heavy atom. The smallest absolute Gasteiger partial charge is 0.380 e. The van der Waals surface area contributed by atoms with Crippen LogP contribution in [0.15, 0.2) is 24.3 Å². The van der Waals surface area contributed by atoms with Crippen LogP contribution >= 0.6 is 0 Å². The summed E-state index contributed by atoms with van der Waals surface area (Å²) in [4.78, 5) is 0. The molecule has 0 saturated heterocycles. The van der Waals surface area contributed by atoms with Gasteiger partial charge in [0.2, 0.25) is 0 Å². The average Bonchev–Trinajstić information content (AvgIpc) is 2.57. The van der Waals surface area contributed by atoms with Gasteiger partial charge in [-0.3, -0.25) is 0 Å². The maximum atomic E-state index is 14.1. The predicted molar refractivity (Wildman–Crippen MR) is 74.3 cm³/mol. The number of benzene rings is 2. The van der Waals surface area contributed by atoms with Gasteiger partial charge in [0.1, 0.15) is 11.3 Å². The highest BCUT2D eigenvalue weighted by molar-refractivity contribution is 5.49. The second-order valence-electron chi connectivity index (χ2n) is 5.39. The van der Waals surface area contributed by atoms with E-state index in [1.807, 2.05) is 0 Å². The summed E-state index contributed by atoms with van der Waals surface area (Å²) in [6, 6.07) is 2.26. The molecule has 4 N–H and O–H groups in total. The molecule has 2 aromatic carbocycles. The first-order valence-electron chi connectivity index (χ1n) is 6.79. The summed E-state index contributed by atoms with van der Waals surface area (Å²) in [7, 11) is 0. The van der Waals surface area contributed by atoms with Gasteiger partial charge in [-0.2, -0.15) is 26.3 Å². The van der Waals surface area contributed by atoms with E-state index in [0.29, 0.717) is 6.07 Å². The van der Waals surface area contributed by atoms with Crippen molar-refractivity contribution in [3.63, 3.8) is 0 Å². The molecule has 0 bridgehead atoms. The van der Waals surface area contributed by atoms with Crippen LogP contribution in [0.3, 0.4) is 0 Å². The minimum atomic E-state index is -6.49. The number of hydrogen-bond acceptors (Lipinski definition) is 2. The fourth-order valence-corrected chi connectivity index (χ4v) is 2.20. The number of anilines is 2. The normalized spacial score (nSPS) is 13.1. The molecule has 0 heterocycles. The van der Waals surface area contributed by atoms with Gasteiger partial charge in [-0.25, -0.2) is 17.6 Å². The van der Waals surface area contributed by atoms with Crippen molar-refractivity contribution in [3.8, 4) is 0 Å². The number of alkyl halides is 6. The molecule has 0 saturated carbocycles. The number of nitrogens with two attached hydrogens (primary N) is 2. The van der Waals surface area contributed by atoms with E-state index in [9.17, 15) is 43.9 Å². The molecule has 0 fully saturated rings. The summed E-state index contributed by atoms with van der Waals surface area (Å²) >= 11 is 0. The van der Waals surface area contributed by atoms with E-state index in [0.717, 1.165) is 12.1 Å². The van der Waals surface area contributed by atoms with Crippen LogP contribution in [-0.2, 0) is 11.8 Å². The molecule has 0 amide bonds. The minimum absolute atomic E-state index is 0.232. The summed E-state index contributed by atoms with van der Waals surface area (Å²) in [5.74, 6) is -29.8. The zero-order chi connectivity index (χ0) is 20.9. The number of halogens is 10. The van der Waals surface area contributed by atoms with Crippen molar-refractivity contribution < 1.29 is 43.9 Å². The lowest BCUT2D eigenvalue weighted by Crippen LogP contribution is -2.51. The van der Waals surface area contributed by atoms with Crippen molar-refractivity contribution in [3.05, 3.63) is 58.7 Å². The monoisotopic (exact) mass is 406 g/mol. The number of hydrogen-bond donors (Lipinski definition) is 2. The molecule has 0 aromatic heterocycles. The fraction of sp³-hybridized carbons (Fsp3) is 0.200. The third kappa shape index (κ3) is 2.82. The first-order chi connectivity index (χ1) is 12.2. The molecule has 0 unspecified atom stereocenters. The molecule has 0 radical (unpaired) electrons. The number of nitrogen functional groups attached to an aromatic ring is 2. The van der Waals surface area contributed by atoms with E-state index < -0.39 is 63.5 Å². The molecule has 0 aliphatic carbocycles. The van der Waals surface area contributed by atoms with Gasteiger partial charge in [0.15, 0.2) is 23.3 Å². The van der Waals surface area contributed by atoms with Crippen molar-refractivity contribution >= 4 is 11.4 Å². The van der Waals surface area contributed by atoms with E-state index in [1.54, 1.807) is 0 Å². The molecular formula is C15H8F10N2. The average molecular weight is 406 g/mol. The maximum Gasteiger partial charge on any atom is 0.380 e. The van der Waals surface area contributed by atoms with Crippen LogP contribution in [-0.4, -0.2) is 5.92 Å². The van der Waals surface area contributed by atoms with E-state index in [2.05, 4.69) is 5.73 Å². The van der Waals surface area contributed by atoms with Crippen LogP contribution in [0.25, 0.3) is 0 Å². The third-order valence-electron chi connectivity index (χ3n) is 3.65. The van der Waals surface area contributed by atoms with Gasteiger partial charge in [-0.15, -0.1) is 0 Å². The Balaban J connectivity index is 2.75. The van der Waals surface area contributed by atoms with E-state index in [-0.39, 0.29) is 6.07 Å². The van der Waals surface area contributed by atoms with Gasteiger partial charge in [0.25, 0.3) is 0 Å². The SMILES string of the molecule is Nc1cccc(C(F)(F)C(F)(F)C(F)(F)c2c(F)c(N)c(F)c(F)c2F)c1. The lowest BCUT2D eigenvalue weighted by atomic mass is 9.91. The van der Waals surface area contributed by atoms with Gasteiger partial charge >= 0.3 is 17.8 Å². The molecule has 2 nitrogen and oxygen atoms in total. The van der Waals surface area contributed by atoms with E-state index in [1.165, 1.54) is 0 Å². The zero-order valence-electron chi connectivity index (χ0n) is 12.7. The van der Waals surface area contributed by atoms with Crippen LogP contribution in [0.1, 0.15) is 11.1 Å². The zero-order valence-corrected chi connectivity index (χ0v) is 12.7. The standard InChI is InChI=1S/C15H8F10N2/c16-8-7(9(17)12(27)11(19)10(8)18)14(22,23)15(24,25)13(20,21)5-2-1-3-6(26)4-5/h1-4H,26-27H2. The molecule has 2 aromatic rings. The molecule has 27 heavy (non-hydrogen) atoms. The van der Waals surface area contributed by atoms with E-state index in [4.69, 9.17) is 5.73 Å². The van der Waals surface area contributed by atoms with Crippen LogP contribution in [0.4, 0.5) is 55.3 Å². The van der Waals surface area contributed by atoms with Gasteiger partial charge in [0.05, 0.1) is 0 Å². The highest BCUT2D eigenvalue weighted by Gasteiger charge is 2.74. The summed E-state index contributed by atoms with van der Waals surface area (Å²) in [5, 5.41) is 0. The molecule has 0 spiro atoms. The quantitative estimate of drug-likeness (QED) is 0.328. The maximum absolute atomic E-state index is 14.1. The Bertz CT molecular complexity index is 865. The summed E-state index contributed by atoms with van der Waals surface area (Å²) < 4.78 is 138. The molecule has 0 aliphatic heterocycles. The molecular weight excluding hydrogens is 398 g/mol. The van der Waals surface area contributed by atoms with Crippen molar-refractivity contribution in [2.75, 3.05) is 11.5 Å². The van der Waals surface area contributed by atoms with Crippen molar-refractivity contribution in [2.45, 2.75) is 17.8 Å². The lowest BCUT2D eigenvalue weighted by molar-refractivity contribution is -0.322. The van der Waals surface area contributed by atoms with Crippen LogP contribution < -0.4 is 11.5 Å². The second kappa shape index (κ2) is 6.20. The van der Waals surface area contributed by atoms with Crippen molar-refractivity contribution in [1.82, 2.24) is 0 Å². The van der Waals surface area contributed by atoms with Crippen molar-refractivity contribution in [1.29, 1.82) is 0 Å². The molecule has 12 heteroatoms. The van der Waals surface area contributed by atoms with Gasteiger partial charge in [0, 0.05) is 11.3 Å². The largest absolute Gasteiger partial charge is 0.399 e. The summed E-state index contributed by atoms with van der Waals surface area (Å²) in [6.45, 7) is 0. The highest BCUT2D eigenvalue weighted by Crippen LogP contribution is 2.56. The topological polar surface area (TPSA) is 52.0 Å². The van der Waals surface area contributed by atoms with Crippen molar-refractivity contribution in [2.24, 2.45) is 0 Å². The van der Waals surface area contributed by atoms with Gasteiger partial charge < -0.3 is 11.5 Å². The Hall–Kier alpha value is -2.66. The summed E-state index contributed by atoms with van der Waals surface area (Å²) in [6.07, 6.45) is 0. The first kappa shape index (κ1) is 20.6. The first-order valence-corrected chi connectivity index (χ1v) is 6.79. The number of rotatable bonds is 4. The second-order valence-corrected chi connectivity index (χ2v) is 5.39.